The fourth-order valence-electron chi connectivity index (χ4n) is 7.36. The van der Waals surface area contributed by atoms with Gasteiger partial charge < -0.3 is 25.4 Å². The van der Waals surface area contributed by atoms with Crippen molar-refractivity contribution in [3.8, 4) is 0 Å². The predicted octanol–water partition coefficient (Wildman–Crippen LogP) is 1.92. The van der Waals surface area contributed by atoms with Crippen LogP contribution in [-0.4, -0.2) is 73.1 Å². The van der Waals surface area contributed by atoms with E-state index in [0.717, 1.165) is 11.9 Å². The van der Waals surface area contributed by atoms with E-state index in [4.69, 9.17) is 4.74 Å². The second-order valence-electron chi connectivity index (χ2n) is 11.3. The molecule has 6 rings (SSSR count). The molecule has 3 aliphatic rings. The predicted molar refractivity (Wildman–Crippen MR) is 149 cm³/mol. The zero-order valence-corrected chi connectivity index (χ0v) is 23.3. The van der Waals surface area contributed by atoms with Crippen molar-refractivity contribution in [1.82, 2.24) is 30.5 Å². The molecule has 2 bridgehead atoms. The minimum Gasteiger partial charge on any atom is -0.394 e. The summed E-state index contributed by atoms with van der Waals surface area (Å²) in [6.45, 7) is 4.08. The molecule has 3 amide bonds. The first kappa shape index (κ1) is 27.3. The number of carbonyl (C=O) groups excluding carboxylic acids is 3. The highest BCUT2D eigenvalue weighted by molar-refractivity contribution is 5.99. The van der Waals surface area contributed by atoms with Crippen LogP contribution in [0.15, 0.2) is 54.6 Å². The van der Waals surface area contributed by atoms with Gasteiger partial charge in [0.25, 0.3) is 0 Å². The molecule has 3 saturated heterocycles. The third-order valence-electron chi connectivity index (χ3n) is 9.22. The van der Waals surface area contributed by atoms with Gasteiger partial charge in [0, 0.05) is 6.54 Å². The molecule has 3 fully saturated rings. The second kappa shape index (κ2) is 10.5. The summed E-state index contributed by atoms with van der Waals surface area (Å²) in [5.41, 5.74) is 0.138. The fourth-order valence-corrected chi connectivity index (χ4v) is 7.36. The van der Waals surface area contributed by atoms with E-state index in [2.05, 4.69) is 20.9 Å². The number of aromatic nitrogens is 3. The molecule has 11 nitrogen and oxygen atoms in total. The number of likely N-dealkylation sites (tertiary alicyclic amines) is 1. The highest BCUT2D eigenvalue weighted by atomic mass is 16.5. The Balaban J connectivity index is 1.40. The number of nitrogens with one attached hydrogen (secondary N) is 2. The summed E-state index contributed by atoms with van der Waals surface area (Å²) in [5, 5.41) is 24.9. The minimum absolute atomic E-state index is 0.0348. The van der Waals surface area contributed by atoms with E-state index >= 15 is 0 Å². The smallest absolute Gasteiger partial charge is 0.247 e. The van der Waals surface area contributed by atoms with E-state index in [0.29, 0.717) is 36.9 Å². The highest BCUT2D eigenvalue weighted by Crippen LogP contribution is 2.65. The van der Waals surface area contributed by atoms with Gasteiger partial charge in [0.15, 0.2) is 0 Å². The molecule has 216 valence electrons. The van der Waals surface area contributed by atoms with Gasteiger partial charge in [0.1, 0.15) is 23.8 Å². The molecule has 2 unspecified atom stereocenters. The molecular weight excluding hydrogens is 524 g/mol. The number of amides is 3. The number of carbonyl (C=O) groups is 3. The Kier molecular flexibility index (Phi) is 7.03. The Bertz CT molecular complexity index is 1460. The summed E-state index contributed by atoms with van der Waals surface area (Å²) >= 11 is 0. The standard InChI is InChI=1S/C30H36N6O5/c1-3-16-31-26(38)23-24-28(40)36(22(17-37)19-10-6-5-7-11-19)25(30(24)15-14-29(23,4-2)41-30)27(39)32-18-35-21-13-9-8-12-20(21)33-34-35/h5-13,22-25,37H,3-4,14-18H2,1-2H3,(H,31,38)(H,32,39)/t22-,23-,24+,25?,29+,30?/m1/s1. The van der Waals surface area contributed by atoms with Crippen LogP contribution in [0.4, 0.5) is 0 Å². The molecule has 0 saturated carbocycles. The Morgan fingerprint density at radius 3 is 2.56 bits per heavy atom. The van der Waals surface area contributed by atoms with Crippen LogP contribution in [0.5, 0.6) is 0 Å². The fraction of sp³-hybridized carbons (Fsp3) is 0.500. The van der Waals surface area contributed by atoms with Gasteiger partial charge in [-0.25, -0.2) is 4.68 Å². The summed E-state index contributed by atoms with van der Waals surface area (Å²) in [6.07, 6.45) is 2.33. The first-order chi connectivity index (χ1) is 19.9. The molecule has 41 heavy (non-hydrogen) atoms. The van der Waals surface area contributed by atoms with Crippen LogP contribution in [-0.2, 0) is 25.8 Å². The zero-order chi connectivity index (χ0) is 28.8. The van der Waals surface area contributed by atoms with E-state index in [1.807, 2.05) is 68.4 Å². The number of aliphatic hydroxyl groups excluding tert-OH is 1. The Labute approximate surface area is 238 Å². The normalized spacial score (nSPS) is 29.1. The van der Waals surface area contributed by atoms with Crippen LogP contribution < -0.4 is 10.6 Å². The first-order valence-corrected chi connectivity index (χ1v) is 14.4. The summed E-state index contributed by atoms with van der Waals surface area (Å²) in [7, 11) is 0. The van der Waals surface area contributed by atoms with Crippen molar-refractivity contribution in [2.75, 3.05) is 13.2 Å². The molecule has 3 aliphatic heterocycles. The molecule has 0 aliphatic carbocycles. The quantitative estimate of drug-likeness (QED) is 0.344. The Hall–Kier alpha value is -3.83. The number of benzene rings is 2. The van der Waals surface area contributed by atoms with Gasteiger partial charge in [-0.05, 0) is 43.4 Å². The van der Waals surface area contributed by atoms with E-state index in [1.54, 1.807) is 4.68 Å². The van der Waals surface area contributed by atoms with Gasteiger partial charge in [0.2, 0.25) is 17.7 Å². The molecule has 1 aromatic heterocycles. The van der Waals surface area contributed by atoms with Gasteiger partial charge in [-0.1, -0.05) is 61.5 Å². The molecule has 6 atom stereocenters. The third kappa shape index (κ3) is 4.13. The van der Waals surface area contributed by atoms with Gasteiger partial charge in [-0.15, -0.1) is 5.10 Å². The maximum absolute atomic E-state index is 14.5. The minimum atomic E-state index is -1.20. The van der Waals surface area contributed by atoms with Crippen molar-refractivity contribution in [3.63, 3.8) is 0 Å². The number of aliphatic hydroxyl groups is 1. The topological polar surface area (TPSA) is 139 Å². The lowest BCUT2D eigenvalue weighted by atomic mass is 9.65. The van der Waals surface area contributed by atoms with Gasteiger partial charge >= 0.3 is 0 Å². The Morgan fingerprint density at radius 2 is 1.83 bits per heavy atom. The highest BCUT2D eigenvalue weighted by Gasteiger charge is 2.79. The molecule has 3 N–H and O–H groups in total. The number of ether oxygens (including phenoxy) is 1. The lowest BCUT2D eigenvalue weighted by molar-refractivity contribution is -0.151. The Morgan fingerprint density at radius 1 is 1.07 bits per heavy atom. The molecular formula is C30H36N6O5. The number of rotatable bonds is 10. The van der Waals surface area contributed by atoms with Crippen molar-refractivity contribution < 1.29 is 24.2 Å². The number of fused-ring (bicyclic) bond motifs is 2. The molecule has 4 heterocycles. The molecule has 11 heteroatoms. The van der Waals surface area contributed by atoms with Gasteiger partial charge in [0.05, 0.1) is 35.6 Å². The van der Waals surface area contributed by atoms with Crippen molar-refractivity contribution in [1.29, 1.82) is 0 Å². The van der Waals surface area contributed by atoms with Crippen molar-refractivity contribution in [3.05, 3.63) is 60.2 Å². The molecule has 1 spiro atoms. The maximum Gasteiger partial charge on any atom is 0.247 e. The van der Waals surface area contributed by atoms with Crippen LogP contribution in [0.2, 0.25) is 0 Å². The summed E-state index contributed by atoms with van der Waals surface area (Å²) in [6, 6.07) is 14.8. The van der Waals surface area contributed by atoms with Crippen molar-refractivity contribution in [2.45, 2.75) is 69.5 Å². The van der Waals surface area contributed by atoms with Gasteiger partial charge in [-0.2, -0.15) is 0 Å². The molecule has 2 aromatic carbocycles. The number of nitrogens with zero attached hydrogens (tertiary/aromatic N) is 4. The third-order valence-corrected chi connectivity index (χ3v) is 9.22. The lowest BCUT2D eigenvalue weighted by Gasteiger charge is -2.37. The van der Waals surface area contributed by atoms with E-state index in [-0.39, 0.29) is 25.1 Å². The SMILES string of the molecule is CCCNC(=O)[C@H]1[C@H]2C(=O)N([C@H](CO)c3ccccc3)C(C(=O)NCn3nnc4ccccc43)C23CC[C@]1(CC)O3. The summed E-state index contributed by atoms with van der Waals surface area (Å²) in [5.74, 6) is -2.55. The van der Waals surface area contributed by atoms with E-state index < -0.39 is 41.0 Å². The van der Waals surface area contributed by atoms with Crippen molar-refractivity contribution >= 4 is 28.8 Å². The number of hydrogen-bond acceptors (Lipinski definition) is 7. The summed E-state index contributed by atoms with van der Waals surface area (Å²) < 4.78 is 8.40. The van der Waals surface area contributed by atoms with Crippen LogP contribution in [0.25, 0.3) is 11.0 Å². The van der Waals surface area contributed by atoms with E-state index in [1.165, 1.54) is 4.90 Å². The largest absolute Gasteiger partial charge is 0.394 e. The average Bonchev–Trinajstić information content (AvgIpc) is 3.73. The van der Waals surface area contributed by atoms with Crippen LogP contribution in [0.3, 0.4) is 0 Å². The van der Waals surface area contributed by atoms with Crippen LogP contribution in [0.1, 0.15) is 51.1 Å². The number of para-hydroxylation sites is 1. The number of hydrogen-bond donors (Lipinski definition) is 3. The van der Waals surface area contributed by atoms with Crippen LogP contribution >= 0.6 is 0 Å². The maximum atomic E-state index is 14.5. The summed E-state index contributed by atoms with van der Waals surface area (Å²) in [4.78, 5) is 43.8. The van der Waals surface area contributed by atoms with Crippen LogP contribution in [0, 0.1) is 11.8 Å². The average molecular weight is 561 g/mol. The first-order valence-electron chi connectivity index (χ1n) is 14.4. The van der Waals surface area contributed by atoms with Gasteiger partial charge in [-0.3, -0.25) is 14.4 Å². The van der Waals surface area contributed by atoms with E-state index in [9.17, 15) is 19.5 Å². The monoisotopic (exact) mass is 560 g/mol. The zero-order valence-electron chi connectivity index (χ0n) is 23.3. The molecule has 0 radical (unpaired) electrons. The second-order valence-corrected chi connectivity index (χ2v) is 11.3. The lowest BCUT2D eigenvalue weighted by Crippen LogP contribution is -2.56. The van der Waals surface area contributed by atoms with Crippen molar-refractivity contribution in [2.24, 2.45) is 11.8 Å². The molecule has 3 aromatic rings.